The molecule has 7 nitrogen and oxygen atoms in total. The van der Waals surface area contributed by atoms with Gasteiger partial charge in [-0.2, -0.15) is 0 Å². The van der Waals surface area contributed by atoms with Crippen molar-refractivity contribution in [1.29, 1.82) is 0 Å². The zero-order valence-electron chi connectivity index (χ0n) is 15.7. The van der Waals surface area contributed by atoms with E-state index in [0.29, 0.717) is 22.9 Å². The van der Waals surface area contributed by atoms with Crippen molar-refractivity contribution in [2.75, 3.05) is 52.0 Å². The summed E-state index contributed by atoms with van der Waals surface area (Å²) in [5, 5.41) is 6.10. The normalized spacial score (nSPS) is 10.5. The van der Waals surface area contributed by atoms with E-state index in [0.717, 1.165) is 25.2 Å². The van der Waals surface area contributed by atoms with Crippen LogP contribution in [0.15, 0.2) is 36.5 Å². The fourth-order valence-electron chi connectivity index (χ4n) is 2.36. The summed E-state index contributed by atoms with van der Waals surface area (Å²) in [5.41, 5.74) is 1.75. The molecule has 0 unspecified atom stereocenters. The van der Waals surface area contributed by atoms with Crippen molar-refractivity contribution in [3.05, 3.63) is 42.2 Å². The molecule has 0 aliphatic heterocycles. The summed E-state index contributed by atoms with van der Waals surface area (Å²) in [6.45, 7) is 1.87. The number of benzene rings is 1. The van der Waals surface area contributed by atoms with Gasteiger partial charge in [0.1, 0.15) is 17.2 Å². The van der Waals surface area contributed by atoms with Crippen LogP contribution in [0.25, 0.3) is 0 Å². The quantitative estimate of drug-likeness (QED) is 0.671. The van der Waals surface area contributed by atoms with Crippen LogP contribution in [0.4, 0.5) is 11.4 Å². The van der Waals surface area contributed by atoms with Crippen molar-refractivity contribution in [3.8, 4) is 11.5 Å². The van der Waals surface area contributed by atoms with Crippen LogP contribution in [0, 0.1) is 0 Å². The molecule has 1 heterocycles. The molecule has 0 saturated heterocycles. The van der Waals surface area contributed by atoms with Gasteiger partial charge < -0.3 is 25.0 Å². The van der Waals surface area contributed by atoms with Gasteiger partial charge in [-0.3, -0.25) is 4.79 Å². The molecule has 7 heteroatoms. The van der Waals surface area contributed by atoms with Crippen molar-refractivity contribution in [3.63, 3.8) is 0 Å². The zero-order chi connectivity index (χ0) is 18.9. The molecule has 1 amide bonds. The van der Waals surface area contributed by atoms with E-state index in [2.05, 4.69) is 20.5 Å². The molecule has 0 fully saturated rings. The molecule has 2 aromatic rings. The molecule has 0 atom stereocenters. The van der Waals surface area contributed by atoms with E-state index in [9.17, 15) is 4.79 Å². The highest BCUT2D eigenvalue weighted by atomic mass is 16.5. The van der Waals surface area contributed by atoms with Gasteiger partial charge in [0.2, 0.25) is 0 Å². The van der Waals surface area contributed by atoms with E-state index in [-0.39, 0.29) is 5.91 Å². The van der Waals surface area contributed by atoms with Gasteiger partial charge in [-0.15, -0.1) is 0 Å². The molecule has 2 rings (SSSR count). The molecule has 2 N–H and O–H groups in total. The van der Waals surface area contributed by atoms with Gasteiger partial charge in [-0.1, -0.05) is 0 Å². The zero-order valence-corrected chi connectivity index (χ0v) is 15.7. The number of methoxy groups -OCH3 is 2. The third-order valence-electron chi connectivity index (χ3n) is 3.76. The Morgan fingerprint density at radius 2 is 1.96 bits per heavy atom. The maximum Gasteiger partial charge on any atom is 0.274 e. The minimum absolute atomic E-state index is 0.310. The summed E-state index contributed by atoms with van der Waals surface area (Å²) in [6, 6.07) is 8.75. The molecule has 1 aromatic carbocycles. The summed E-state index contributed by atoms with van der Waals surface area (Å²) in [5.74, 6) is 0.875. The van der Waals surface area contributed by atoms with Crippen LogP contribution in [0.2, 0.25) is 0 Å². The predicted molar refractivity (Wildman–Crippen MR) is 103 cm³/mol. The average Bonchev–Trinajstić information content (AvgIpc) is 2.65. The highest BCUT2D eigenvalue weighted by molar-refractivity contribution is 6.03. The third kappa shape index (κ3) is 5.63. The first-order chi connectivity index (χ1) is 12.5. The molecule has 0 aliphatic carbocycles. The van der Waals surface area contributed by atoms with Gasteiger partial charge in [0.15, 0.2) is 0 Å². The highest BCUT2D eigenvalue weighted by Crippen LogP contribution is 2.29. The summed E-state index contributed by atoms with van der Waals surface area (Å²) < 4.78 is 10.5. The van der Waals surface area contributed by atoms with Crippen molar-refractivity contribution < 1.29 is 14.3 Å². The largest absolute Gasteiger partial charge is 0.497 e. The summed E-state index contributed by atoms with van der Waals surface area (Å²) in [7, 11) is 7.21. The molecule has 0 saturated carbocycles. The Kier molecular flexibility index (Phi) is 7.23. The first-order valence-electron chi connectivity index (χ1n) is 8.41. The van der Waals surface area contributed by atoms with Crippen LogP contribution in [0.3, 0.4) is 0 Å². The lowest BCUT2D eigenvalue weighted by Crippen LogP contribution is -2.17. The summed E-state index contributed by atoms with van der Waals surface area (Å²) in [4.78, 5) is 18.8. The van der Waals surface area contributed by atoms with Gasteiger partial charge in [0, 0.05) is 12.6 Å². The number of ether oxygens (including phenoxy) is 2. The summed E-state index contributed by atoms with van der Waals surface area (Å²) in [6.07, 6.45) is 2.69. The number of aromatic nitrogens is 1. The fourth-order valence-corrected chi connectivity index (χ4v) is 2.36. The molecular weight excluding hydrogens is 332 g/mol. The number of carbonyl (C=O) groups is 1. The topological polar surface area (TPSA) is 75.7 Å². The number of carbonyl (C=O) groups excluding carboxylic acids is 1. The molecule has 140 valence electrons. The second kappa shape index (κ2) is 9.62. The lowest BCUT2D eigenvalue weighted by molar-refractivity contribution is 0.102. The van der Waals surface area contributed by atoms with Crippen molar-refractivity contribution in [1.82, 2.24) is 9.88 Å². The number of anilines is 2. The number of pyridine rings is 1. The van der Waals surface area contributed by atoms with Crippen molar-refractivity contribution >= 4 is 17.3 Å². The Labute approximate surface area is 154 Å². The van der Waals surface area contributed by atoms with E-state index >= 15 is 0 Å². The molecule has 0 spiro atoms. The van der Waals surface area contributed by atoms with Crippen LogP contribution in [-0.4, -0.2) is 57.2 Å². The minimum atomic E-state index is -0.310. The van der Waals surface area contributed by atoms with E-state index in [1.165, 1.54) is 0 Å². The third-order valence-corrected chi connectivity index (χ3v) is 3.76. The maximum absolute atomic E-state index is 12.4. The first-order valence-corrected chi connectivity index (χ1v) is 8.41. The van der Waals surface area contributed by atoms with Crippen LogP contribution in [0.5, 0.6) is 11.5 Å². The standard InChI is InChI=1S/C19H26N4O3/c1-23(2)11-5-10-20-14-6-8-16(21-13-14)19(24)22-17-12-15(25-3)7-9-18(17)26-4/h6-9,12-13,20H,5,10-11H2,1-4H3,(H,22,24). The lowest BCUT2D eigenvalue weighted by Gasteiger charge is -2.12. The van der Waals surface area contributed by atoms with Gasteiger partial charge in [0.05, 0.1) is 31.8 Å². The highest BCUT2D eigenvalue weighted by Gasteiger charge is 2.12. The van der Waals surface area contributed by atoms with Crippen LogP contribution < -0.4 is 20.1 Å². The molecule has 0 aliphatic rings. The van der Waals surface area contributed by atoms with E-state index in [4.69, 9.17) is 9.47 Å². The van der Waals surface area contributed by atoms with Crippen LogP contribution in [0.1, 0.15) is 16.9 Å². The van der Waals surface area contributed by atoms with Crippen molar-refractivity contribution in [2.45, 2.75) is 6.42 Å². The first kappa shape index (κ1) is 19.5. The number of rotatable bonds is 9. The predicted octanol–water partition coefficient (Wildman–Crippen LogP) is 2.71. The SMILES string of the molecule is COc1ccc(OC)c(NC(=O)c2ccc(NCCCN(C)C)cn2)c1. The Morgan fingerprint density at radius 3 is 2.58 bits per heavy atom. The Hall–Kier alpha value is -2.80. The minimum Gasteiger partial charge on any atom is -0.497 e. The van der Waals surface area contributed by atoms with Gasteiger partial charge >= 0.3 is 0 Å². The molecular formula is C19H26N4O3. The maximum atomic E-state index is 12.4. The van der Waals surface area contributed by atoms with Gasteiger partial charge in [-0.05, 0) is 51.3 Å². The van der Waals surface area contributed by atoms with Gasteiger partial charge in [0.25, 0.3) is 5.91 Å². The Bertz CT molecular complexity index is 717. The number of nitrogens with zero attached hydrogens (tertiary/aromatic N) is 2. The number of hydrogen-bond acceptors (Lipinski definition) is 6. The van der Waals surface area contributed by atoms with Crippen molar-refractivity contribution in [2.24, 2.45) is 0 Å². The second-order valence-corrected chi connectivity index (χ2v) is 6.04. The smallest absolute Gasteiger partial charge is 0.274 e. The summed E-state index contributed by atoms with van der Waals surface area (Å²) >= 11 is 0. The molecule has 0 bridgehead atoms. The van der Waals surface area contributed by atoms with E-state index < -0.39 is 0 Å². The fraction of sp³-hybridized carbons (Fsp3) is 0.368. The lowest BCUT2D eigenvalue weighted by atomic mass is 10.2. The Morgan fingerprint density at radius 1 is 1.15 bits per heavy atom. The molecule has 0 radical (unpaired) electrons. The van der Waals surface area contributed by atoms with Gasteiger partial charge in [-0.25, -0.2) is 4.98 Å². The van der Waals surface area contributed by atoms with Crippen LogP contribution in [-0.2, 0) is 0 Å². The van der Waals surface area contributed by atoms with E-state index in [1.807, 2.05) is 20.2 Å². The molecule has 26 heavy (non-hydrogen) atoms. The van der Waals surface area contributed by atoms with E-state index in [1.54, 1.807) is 44.7 Å². The Balaban J connectivity index is 1.97. The number of hydrogen-bond donors (Lipinski definition) is 2. The molecule has 1 aromatic heterocycles. The average molecular weight is 358 g/mol. The monoisotopic (exact) mass is 358 g/mol. The number of amides is 1. The second-order valence-electron chi connectivity index (χ2n) is 6.04. The number of nitrogens with one attached hydrogen (secondary N) is 2. The van der Waals surface area contributed by atoms with Crippen LogP contribution >= 0.6 is 0 Å².